The maximum absolute atomic E-state index is 3.72. The van der Waals surface area contributed by atoms with Crippen LogP contribution in [0.1, 0.15) is 32.8 Å². The van der Waals surface area contributed by atoms with Gasteiger partial charge in [-0.3, -0.25) is 0 Å². The fourth-order valence-corrected chi connectivity index (χ4v) is 2.13. The molecule has 0 amide bonds. The highest BCUT2D eigenvalue weighted by Gasteiger charge is 2.22. The van der Waals surface area contributed by atoms with Gasteiger partial charge in [-0.2, -0.15) is 0 Å². The van der Waals surface area contributed by atoms with Crippen molar-refractivity contribution in [3.8, 4) is 0 Å². The van der Waals surface area contributed by atoms with Crippen LogP contribution in [0.4, 0.5) is 0 Å². The van der Waals surface area contributed by atoms with E-state index in [1.165, 1.54) is 5.56 Å². The van der Waals surface area contributed by atoms with Gasteiger partial charge in [0, 0.05) is 12.6 Å². The Balaban J connectivity index is 2.61. The van der Waals surface area contributed by atoms with Crippen LogP contribution >= 0.6 is 0 Å². The van der Waals surface area contributed by atoms with Crippen molar-refractivity contribution in [2.75, 3.05) is 6.54 Å². The van der Waals surface area contributed by atoms with Crippen LogP contribution in [0.2, 0.25) is 0 Å². The first kappa shape index (κ1) is 13.0. The van der Waals surface area contributed by atoms with E-state index in [2.05, 4.69) is 63.0 Å². The van der Waals surface area contributed by atoms with Crippen LogP contribution in [0.25, 0.3) is 0 Å². The molecule has 1 heteroatoms. The normalized spacial score (nSPS) is 13.4. The molecule has 1 aromatic rings. The summed E-state index contributed by atoms with van der Waals surface area (Å²) >= 11 is 0. The van der Waals surface area contributed by atoms with Crippen molar-refractivity contribution in [3.63, 3.8) is 0 Å². The molecule has 1 rings (SSSR count). The molecule has 0 saturated heterocycles. The summed E-state index contributed by atoms with van der Waals surface area (Å²) in [6.45, 7) is 11.4. The van der Waals surface area contributed by atoms with E-state index >= 15 is 0 Å². The first-order chi connectivity index (χ1) is 7.56. The van der Waals surface area contributed by atoms with Crippen LogP contribution in [-0.4, -0.2) is 12.6 Å². The highest BCUT2D eigenvalue weighted by Crippen LogP contribution is 2.27. The molecule has 0 aliphatic rings. The van der Waals surface area contributed by atoms with E-state index in [0.717, 1.165) is 13.0 Å². The van der Waals surface area contributed by atoms with Crippen molar-refractivity contribution >= 4 is 0 Å². The summed E-state index contributed by atoms with van der Waals surface area (Å²) in [5.74, 6) is 0. The van der Waals surface area contributed by atoms with Gasteiger partial charge in [-0.05, 0) is 24.3 Å². The third-order valence-corrected chi connectivity index (χ3v) is 2.98. The Labute approximate surface area is 99.6 Å². The third-order valence-electron chi connectivity index (χ3n) is 2.98. The summed E-state index contributed by atoms with van der Waals surface area (Å²) in [5.41, 5.74) is 1.62. The Morgan fingerprint density at radius 3 is 2.50 bits per heavy atom. The predicted octanol–water partition coefficient (Wildman–Crippen LogP) is 3.52. The Kier molecular flexibility index (Phi) is 4.75. The lowest BCUT2D eigenvalue weighted by molar-refractivity contribution is 0.398. The second-order valence-electron chi connectivity index (χ2n) is 5.05. The maximum Gasteiger partial charge on any atom is 0.0134 e. The number of nitrogens with one attached hydrogen (secondary N) is 1. The molecule has 0 bridgehead atoms. The van der Waals surface area contributed by atoms with Gasteiger partial charge in [-0.1, -0.05) is 50.3 Å². The van der Waals surface area contributed by atoms with Crippen molar-refractivity contribution in [1.29, 1.82) is 0 Å². The predicted molar refractivity (Wildman–Crippen MR) is 71.7 cm³/mol. The molecule has 0 heterocycles. The van der Waals surface area contributed by atoms with Crippen LogP contribution in [0.15, 0.2) is 43.0 Å². The van der Waals surface area contributed by atoms with Crippen LogP contribution in [-0.2, 0) is 5.41 Å². The molecule has 1 nitrogen and oxygen atoms in total. The molecular weight excluding hydrogens is 194 g/mol. The third kappa shape index (κ3) is 3.82. The number of hydrogen-bond acceptors (Lipinski definition) is 1. The largest absolute Gasteiger partial charge is 0.311 e. The molecule has 1 N–H and O–H groups in total. The minimum Gasteiger partial charge on any atom is -0.311 e. The highest BCUT2D eigenvalue weighted by molar-refractivity contribution is 5.23. The number of hydrogen-bond donors (Lipinski definition) is 1. The Morgan fingerprint density at radius 2 is 1.94 bits per heavy atom. The van der Waals surface area contributed by atoms with Crippen molar-refractivity contribution in [2.45, 2.75) is 38.6 Å². The Morgan fingerprint density at radius 1 is 1.31 bits per heavy atom. The van der Waals surface area contributed by atoms with Crippen molar-refractivity contribution < 1.29 is 0 Å². The highest BCUT2D eigenvalue weighted by atomic mass is 14.9. The minimum absolute atomic E-state index is 0.217. The van der Waals surface area contributed by atoms with Gasteiger partial charge in [0.15, 0.2) is 0 Å². The van der Waals surface area contributed by atoms with E-state index in [4.69, 9.17) is 0 Å². The van der Waals surface area contributed by atoms with Crippen LogP contribution < -0.4 is 5.32 Å². The molecule has 0 aliphatic carbocycles. The average molecular weight is 217 g/mol. The van der Waals surface area contributed by atoms with E-state index in [1.54, 1.807) is 0 Å². The lowest BCUT2D eigenvalue weighted by atomic mass is 9.79. The van der Waals surface area contributed by atoms with Crippen LogP contribution in [0.5, 0.6) is 0 Å². The van der Waals surface area contributed by atoms with Gasteiger partial charge in [0.2, 0.25) is 0 Å². The second kappa shape index (κ2) is 5.86. The summed E-state index contributed by atoms with van der Waals surface area (Å²) < 4.78 is 0. The molecule has 0 spiro atoms. The molecule has 0 fully saturated rings. The fraction of sp³-hybridized carbons (Fsp3) is 0.467. The lowest BCUT2D eigenvalue weighted by Crippen LogP contribution is -2.33. The van der Waals surface area contributed by atoms with Gasteiger partial charge >= 0.3 is 0 Å². The van der Waals surface area contributed by atoms with E-state index in [-0.39, 0.29) is 5.41 Å². The molecule has 88 valence electrons. The van der Waals surface area contributed by atoms with Gasteiger partial charge < -0.3 is 5.32 Å². The van der Waals surface area contributed by atoms with Gasteiger partial charge in [0.05, 0.1) is 0 Å². The first-order valence-corrected chi connectivity index (χ1v) is 5.96. The molecule has 1 atom stereocenters. The molecule has 1 aromatic carbocycles. The molecule has 0 aliphatic heterocycles. The summed E-state index contributed by atoms with van der Waals surface area (Å²) in [7, 11) is 0. The molecule has 0 radical (unpaired) electrons. The zero-order chi connectivity index (χ0) is 12.0. The standard InChI is InChI=1S/C15H23N/c1-5-11-16-13(2)12-15(3,4)14-9-7-6-8-10-14/h5-10,13,16H,1,11-12H2,2-4H3. The van der Waals surface area contributed by atoms with Gasteiger partial charge in [0.1, 0.15) is 0 Å². The van der Waals surface area contributed by atoms with E-state index in [9.17, 15) is 0 Å². The monoisotopic (exact) mass is 217 g/mol. The SMILES string of the molecule is C=CCNC(C)CC(C)(C)c1ccccc1. The van der Waals surface area contributed by atoms with E-state index in [0.29, 0.717) is 6.04 Å². The van der Waals surface area contributed by atoms with Crippen molar-refractivity contribution in [2.24, 2.45) is 0 Å². The molecular formula is C15H23N. The first-order valence-electron chi connectivity index (χ1n) is 5.96. The minimum atomic E-state index is 0.217. The second-order valence-corrected chi connectivity index (χ2v) is 5.05. The number of rotatable bonds is 6. The summed E-state index contributed by atoms with van der Waals surface area (Å²) in [6, 6.07) is 11.2. The number of benzene rings is 1. The summed E-state index contributed by atoms with van der Waals surface area (Å²) in [5, 5.41) is 3.44. The molecule has 16 heavy (non-hydrogen) atoms. The van der Waals surface area contributed by atoms with E-state index < -0.39 is 0 Å². The van der Waals surface area contributed by atoms with Gasteiger partial charge in [-0.15, -0.1) is 6.58 Å². The summed E-state index contributed by atoms with van der Waals surface area (Å²) in [4.78, 5) is 0. The zero-order valence-electron chi connectivity index (χ0n) is 10.7. The quantitative estimate of drug-likeness (QED) is 0.719. The fourth-order valence-electron chi connectivity index (χ4n) is 2.13. The maximum atomic E-state index is 3.72. The van der Waals surface area contributed by atoms with Crippen molar-refractivity contribution in [1.82, 2.24) is 5.32 Å². The molecule has 0 aromatic heterocycles. The summed E-state index contributed by atoms with van der Waals surface area (Å²) in [6.07, 6.45) is 3.04. The van der Waals surface area contributed by atoms with E-state index in [1.807, 2.05) is 6.08 Å². The van der Waals surface area contributed by atoms with Gasteiger partial charge in [-0.25, -0.2) is 0 Å². The topological polar surface area (TPSA) is 12.0 Å². The smallest absolute Gasteiger partial charge is 0.0134 e. The Bertz CT molecular complexity index is 313. The lowest BCUT2D eigenvalue weighted by Gasteiger charge is -2.29. The average Bonchev–Trinajstić information content (AvgIpc) is 2.27. The Hall–Kier alpha value is -1.08. The molecule has 0 saturated carbocycles. The zero-order valence-corrected chi connectivity index (χ0v) is 10.7. The van der Waals surface area contributed by atoms with Crippen LogP contribution in [0.3, 0.4) is 0 Å². The van der Waals surface area contributed by atoms with Crippen LogP contribution in [0, 0.1) is 0 Å². The molecule has 1 unspecified atom stereocenters. The van der Waals surface area contributed by atoms with Crippen molar-refractivity contribution in [3.05, 3.63) is 48.6 Å². The van der Waals surface area contributed by atoms with Gasteiger partial charge in [0.25, 0.3) is 0 Å².